The number of phenols is 1. The SMILES string of the molecule is CCOP(=O)(CC)OC(C)(C)C(=O)CCc1cc(C(C)(C)C)c(O)c(C(C)(C)C)c1. The molecule has 1 aromatic carbocycles. The Kier molecular flexibility index (Phi) is 8.55. The average Bonchev–Trinajstić information content (AvgIpc) is 2.58. The van der Waals surface area contributed by atoms with Crippen LogP contribution in [0.2, 0.25) is 0 Å². The number of hydrogen-bond donors (Lipinski definition) is 1. The van der Waals surface area contributed by atoms with Gasteiger partial charge in [0.1, 0.15) is 11.4 Å². The fourth-order valence-electron chi connectivity index (χ4n) is 3.32. The van der Waals surface area contributed by atoms with Crippen molar-refractivity contribution in [2.24, 2.45) is 0 Å². The first kappa shape index (κ1) is 26.9. The maximum absolute atomic E-state index is 12.9. The number of Topliss-reactive ketones (excluding diaryl/α,β-unsaturated/α-hetero) is 1. The minimum absolute atomic E-state index is 0.126. The summed E-state index contributed by atoms with van der Waals surface area (Å²) in [6.07, 6.45) is 0.989. The van der Waals surface area contributed by atoms with Crippen molar-refractivity contribution < 1.29 is 23.5 Å². The van der Waals surface area contributed by atoms with Gasteiger partial charge in [-0.15, -0.1) is 0 Å². The Bertz CT molecular complexity index is 762. The Balaban J connectivity index is 3.14. The molecule has 0 saturated heterocycles. The van der Waals surface area contributed by atoms with Gasteiger partial charge in [0.05, 0.1) is 6.61 Å². The van der Waals surface area contributed by atoms with Gasteiger partial charge >= 0.3 is 7.60 Å². The quantitative estimate of drug-likeness (QED) is 0.442. The maximum Gasteiger partial charge on any atom is 0.331 e. The zero-order valence-electron chi connectivity index (χ0n) is 20.5. The second-order valence-corrected chi connectivity index (χ2v) is 12.7. The molecule has 1 N–H and O–H groups in total. The average molecular weight is 441 g/mol. The second-order valence-electron chi connectivity index (χ2n) is 10.4. The first-order valence-electron chi connectivity index (χ1n) is 10.8. The maximum atomic E-state index is 12.9. The van der Waals surface area contributed by atoms with Crippen LogP contribution < -0.4 is 0 Å². The number of phenolic OH excluding ortho intramolecular Hbond substituents is 1. The van der Waals surface area contributed by atoms with Crippen LogP contribution in [0.5, 0.6) is 5.75 Å². The standard InChI is InChI=1S/C24H41O5P/c1-11-28-30(27,12-2)29-24(9,10)20(25)14-13-17-15-18(22(3,4)5)21(26)19(16-17)23(6,7)8/h15-16,26H,11-14H2,1-10H3. The molecule has 0 saturated carbocycles. The molecule has 6 heteroatoms. The Labute approximate surface area is 183 Å². The Morgan fingerprint density at radius 2 is 1.43 bits per heavy atom. The Hall–Kier alpha value is -1.16. The summed E-state index contributed by atoms with van der Waals surface area (Å²) in [7, 11) is -3.29. The number of aryl methyl sites for hydroxylation is 1. The number of benzene rings is 1. The number of hydrogen-bond acceptors (Lipinski definition) is 5. The van der Waals surface area contributed by atoms with Crippen molar-refractivity contribution in [3.8, 4) is 5.75 Å². The molecule has 0 aliphatic heterocycles. The summed E-state index contributed by atoms with van der Waals surface area (Å²) in [6.45, 7) is 19.4. The second kappa shape index (κ2) is 9.54. The predicted octanol–water partition coefficient (Wildman–Crippen LogP) is 6.53. The number of carbonyl (C=O) groups is 1. The molecule has 0 aromatic heterocycles. The van der Waals surface area contributed by atoms with Gasteiger partial charge in [0.2, 0.25) is 0 Å². The van der Waals surface area contributed by atoms with Crippen LogP contribution >= 0.6 is 7.60 Å². The van der Waals surface area contributed by atoms with Crippen LogP contribution in [0.1, 0.15) is 92.3 Å². The number of rotatable bonds is 9. The summed E-state index contributed by atoms with van der Waals surface area (Å²) in [4.78, 5) is 12.9. The lowest BCUT2D eigenvalue weighted by molar-refractivity contribution is -0.132. The summed E-state index contributed by atoms with van der Waals surface area (Å²) >= 11 is 0. The van der Waals surface area contributed by atoms with Gasteiger partial charge in [0, 0.05) is 12.6 Å². The van der Waals surface area contributed by atoms with E-state index in [0.717, 1.165) is 16.7 Å². The van der Waals surface area contributed by atoms with E-state index < -0.39 is 13.2 Å². The van der Waals surface area contributed by atoms with Crippen molar-refractivity contribution in [1.29, 1.82) is 0 Å². The van der Waals surface area contributed by atoms with Crippen molar-refractivity contribution in [2.75, 3.05) is 12.8 Å². The summed E-state index contributed by atoms with van der Waals surface area (Å²) in [6, 6.07) is 3.98. The Morgan fingerprint density at radius 1 is 0.967 bits per heavy atom. The molecule has 0 bridgehead atoms. The molecular weight excluding hydrogens is 399 g/mol. The van der Waals surface area contributed by atoms with Crippen LogP contribution in [0.3, 0.4) is 0 Å². The molecule has 0 aliphatic rings. The van der Waals surface area contributed by atoms with Gasteiger partial charge in [0.25, 0.3) is 0 Å². The molecule has 1 atom stereocenters. The molecular formula is C24H41O5P. The van der Waals surface area contributed by atoms with Crippen molar-refractivity contribution in [2.45, 2.75) is 98.5 Å². The van der Waals surface area contributed by atoms with E-state index in [-0.39, 0.29) is 35.8 Å². The first-order chi connectivity index (χ1) is 13.5. The lowest BCUT2D eigenvalue weighted by Crippen LogP contribution is -2.34. The van der Waals surface area contributed by atoms with E-state index in [0.29, 0.717) is 12.2 Å². The topological polar surface area (TPSA) is 72.8 Å². The number of ketones is 1. The molecule has 5 nitrogen and oxygen atoms in total. The third-order valence-corrected chi connectivity index (χ3v) is 7.34. The van der Waals surface area contributed by atoms with Gasteiger partial charge in [-0.2, -0.15) is 0 Å². The summed E-state index contributed by atoms with van der Waals surface area (Å²) in [5, 5.41) is 10.9. The van der Waals surface area contributed by atoms with Crippen LogP contribution in [-0.2, 0) is 35.7 Å². The highest BCUT2D eigenvalue weighted by atomic mass is 31.2. The molecule has 172 valence electrons. The zero-order chi connectivity index (χ0) is 23.5. The van der Waals surface area contributed by atoms with E-state index in [1.54, 1.807) is 27.7 Å². The van der Waals surface area contributed by atoms with Crippen molar-refractivity contribution in [1.82, 2.24) is 0 Å². The molecule has 0 radical (unpaired) electrons. The molecule has 1 rings (SSSR count). The first-order valence-corrected chi connectivity index (χ1v) is 12.5. The van der Waals surface area contributed by atoms with Crippen LogP contribution in [-0.4, -0.2) is 29.3 Å². The van der Waals surface area contributed by atoms with Crippen molar-refractivity contribution in [3.05, 3.63) is 28.8 Å². The molecule has 0 heterocycles. The van der Waals surface area contributed by atoms with E-state index in [2.05, 4.69) is 41.5 Å². The molecule has 1 aromatic rings. The molecule has 30 heavy (non-hydrogen) atoms. The van der Waals surface area contributed by atoms with Crippen LogP contribution in [0.25, 0.3) is 0 Å². The lowest BCUT2D eigenvalue weighted by atomic mass is 9.78. The van der Waals surface area contributed by atoms with E-state index in [1.165, 1.54) is 0 Å². The molecule has 0 amide bonds. The fraction of sp³-hybridized carbons (Fsp3) is 0.708. The van der Waals surface area contributed by atoms with Gasteiger partial charge < -0.3 is 9.63 Å². The third kappa shape index (κ3) is 6.93. The largest absolute Gasteiger partial charge is 0.507 e. The van der Waals surface area contributed by atoms with Gasteiger partial charge in [-0.1, -0.05) is 60.6 Å². The highest BCUT2D eigenvalue weighted by Crippen LogP contribution is 2.51. The predicted molar refractivity (Wildman–Crippen MR) is 124 cm³/mol. The third-order valence-electron chi connectivity index (χ3n) is 5.18. The fourth-order valence-corrected chi connectivity index (χ4v) is 4.87. The van der Waals surface area contributed by atoms with Gasteiger partial charge in [-0.3, -0.25) is 13.9 Å². The minimum atomic E-state index is -3.29. The highest BCUT2D eigenvalue weighted by Gasteiger charge is 2.37. The molecule has 0 spiro atoms. The van der Waals surface area contributed by atoms with E-state index in [4.69, 9.17) is 9.05 Å². The van der Waals surface area contributed by atoms with Gasteiger partial charge in [-0.05, 0) is 54.7 Å². The van der Waals surface area contributed by atoms with Crippen molar-refractivity contribution >= 4 is 13.4 Å². The van der Waals surface area contributed by atoms with E-state index in [1.807, 2.05) is 12.1 Å². The minimum Gasteiger partial charge on any atom is -0.507 e. The summed E-state index contributed by atoms with van der Waals surface area (Å²) < 4.78 is 23.7. The molecule has 0 fully saturated rings. The smallest absolute Gasteiger partial charge is 0.331 e. The van der Waals surface area contributed by atoms with E-state index in [9.17, 15) is 14.5 Å². The number of carbonyl (C=O) groups excluding carboxylic acids is 1. The molecule has 1 unspecified atom stereocenters. The van der Waals surface area contributed by atoms with Crippen LogP contribution in [0.15, 0.2) is 12.1 Å². The summed E-state index contributed by atoms with van der Waals surface area (Å²) in [5.41, 5.74) is 1.10. The number of aromatic hydroxyl groups is 1. The van der Waals surface area contributed by atoms with Gasteiger partial charge in [-0.25, -0.2) is 0 Å². The lowest BCUT2D eigenvalue weighted by Gasteiger charge is -2.29. The molecule has 0 aliphatic carbocycles. The summed E-state index contributed by atoms with van der Waals surface area (Å²) in [5.74, 6) is 0.202. The van der Waals surface area contributed by atoms with Crippen LogP contribution in [0, 0.1) is 0 Å². The zero-order valence-corrected chi connectivity index (χ0v) is 21.4. The Morgan fingerprint density at radius 3 is 1.80 bits per heavy atom. The monoisotopic (exact) mass is 440 g/mol. The van der Waals surface area contributed by atoms with Gasteiger partial charge in [0.15, 0.2) is 5.78 Å². The van der Waals surface area contributed by atoms with Crippen molar-refractivity contribution in [3.63, 3.8) is 0 Å². The van der Waals surface area contributed by atoms with E-state index >= 15 is 0 Å². The highest BCUT2D eigenvalue weighted by molar-refractivity contribution is 7.53. The normalized spacial score (nSPS) is 15.1. The van der Waals surface area contributed by atoms with Crippen LogP contribution in [0.4, 0.5) is 0 Å².